The van der Waals surface area contributed by atoms with E-state index in [4.69, 9.17) is 9.84 Å². The van der Waals surface area contributed by atoms with Gasteiger partial charge in [0.25, 0.3) is 5.91 Å². The first kappa shape index (κ1) is 19.4. The fourth-order valence-electron chi connectivity index (χ4n) is 1.70. The summed E-state index contributed by atoms with van der Waals surface area (Å²) in [7, 11) is -3.55. The second-order valence-electron chi connectivity index (χ2n) is 5.54. The Morgan fingerprint density at radius 1 is 1.35 bits per heavy atom. The van der Waals surface area contributed by atoms with E-state index in [9.17, 15) is 13.2 Å². The van der Waals surface area contributed by atoms with Gasteiger partial charge in [0.2, 0.25) is 10.0 Å². The number of nitrogens with one attached hydrogen (secondary N) is 2. The summed E-state index contributed by atoms with van der Waals surface area (Å²) >= 11 is 0. The molecule has 0 aromatic heterocycles. The normalized spacial score (nSPS) is 11.5. The number of hydrogen-bond donors (Lipinski definition) is 3. The summed E-state index contributed by atoms with van der Waals surface area (Å²) in [4.78, 5) is 11.6. The molecule has 130 valence electrons. The van der Waals surface area contributed by atoms with Crippen LogP contribution in [0, 0.1) is 12.8 Å². The van der Waals surface area contributed by atoms with Crippen molar-refractivity contribution >= 4 is 15.9 Å². The molecule has 0 aliphatic carbocycles. The lowest BCUT2D eigenvalue weighted by Gasteiger charge is -2.12. The van der Waals surface area contributed by atoms with Gasteiger partial charge in [0, 0.05) is 13.1 Å². The zero-order chi connectivity index (χ0) is 17.5. The second kappa shape index (κ2) is 8.85. The summed E-state index contributed by atoms with van der Waals surface area (Å²) in [5.41, 5.74) is 0.618. The molecule has 0 bridgehead atoms. The number of aryl methyl sites for hydroxylation is 1. The van der Waals surface area contributed by atoms with Gasteiger partial charge in [0.1, 0.15) is 5.75 Å². The van der Waals surface area contributed by atoms with Gasteiger partial charge in [-0.15, -0.1) is 0 Å². The minimum Gasteiger partial charge on any atom is -0.484 e. The molecule has 23 heavy (non-hydrogen) atoms. The predicted molar refractivity (Wildman–Crippen MR) is 86.8 cm³/mol. The number of aliphatic hydroxyl groups excluding tert-OH is 1. The van der Waals surface area contributed by atoms with Gasteiger partial charge in [0.05, 0.1) is 11.5 Å². The molecule has 0 fully saturated rings. The molecule has 7 nitrogen and oxygen atoms in total. The van der Waals surface area contributed by atoms with Crippen LogP contribution in [0.25, 0.3) is 0 Å². The number of carbonyl (C=O) groups is 1. The average molecular weight is 344 g/mol. The van der Waals surface area contributed by atoms with Crippen molar-refractivity contribution in [2.45, 2.75) is 25.7 Å². The molecular formula is C15H24N2O5S. The lowest BCUT2D eigenvalue weighted by molar-refractivity contribution is -0.123. The van der Waals surface area contributed by atoms with Gasteiger partial charge in [-0.25, -0.2) is 13.1 Å². The highest BCUT2D eigenvalue weighted by Crippen LogP contribution is 2.21. The van der Waals surface area contributed by atoms with Crippen LogP contribution in [0.15, 0.2) is 23.1 Å². The van der Waals surface area contributed by atoms with Gasteiger partial charge >= 0.3 is 0 Å². The first-order chi connectivity index (χ1) is 10.8. The third kappa shape index (κ3) is 6.55. The largest absolute Gasteiger partial charge is 0.484 e. The summed E-state index contributed by atoms with van der Waals surface area (Å²) in [5.74, 6) is 0.298. The number of ether oxygens (including phenoxy) is 1. The Balaban J connectivity index is 2.72. The average Bonchev–Trinajstić information content (AvgIpc) is 2.49. The van der Waals surface area contributed by atoms with Crippen molar-refractivity contribution in [1.82, 2.24) is 10.0 Å². The Morgan fingerprint density at radius 3 is 2.61 bits per heavy atom. The van der Waals surface area contributed by atoms with Crippen molar-refractivity contribution in [2.75, 3.05) is 26.3 Å². The third-order valence-electron chi connectivity index (χ3n) is 2.93. The van der Waals surface area contributed by atoms with Gasteiger partial charge in [-0.05, 0) is 36.6 Å². The highest BCUT2D eigenvalue weighted by molar-refractivity contribution is 7.89. The van der Waals surface area contributed by atoms with Crippen LogP contribution < -0.4 is 14.8 Å². The zero-order valence-corrected chi connectivity index (χ0v) is 14.4. The molecular weight excluding hydrogens is 320 g/mol. The van der Waals surface area contributed by atoms with Crippen LogP contribution in [0.5, 0.6) is 5.75 Å². The monoisotopic (exact) mass is 344 g/mol. The summed E-state index contributed by atoms with van der Waals surface area (Å²) in [6.07, 6.45) is 0. The van der Waals surface area contributed by atoms with Crippen LogP contribution >= 0.6 is 0 Å². The van der Waals surface area contributed by atoms with Crippen molar-refractivity contribution < 1.29 is 23.1 Å². The highest BCUT2D eigenvalue weighted by Gasteiger charge is 2.16. The summed E-state index contributed by atoms with van der Waals surface area (Å²) in [6.45, 7) is 5.76. The van der Waals surface area contributed by atoms with Gasteiger partial charge < -0.3 is 15.2 Å². The maximum atomic E-state index is 12.1. The van der Waals surface area contributed by atoms with Crippen molar-refractivity contribution in [3.8, 4) is 5.75 Å². The SMILES string of the molecule is Cc1cc(S(=O)(=O)NCC(C)C)ccc1OCC(=O)NCCO. The van der Waals surface area contributed by atoms with Crippen molar-refractivity contribution in [2.24, 2.45) is 5.92 Å². The highest BCUT2D eigenvalue weighted by atomic mass is 32.2. The maximum absolute atomic E-state index is 12.1. The van der Waals surface area contributed by atoms with Crippen molar-refractivity contribution in [1.29, 1.82) is 0 Å². The predicted octanol–water partition coefficient (Wildman–Crippen LogP) is 0.417. The molecule has 1 aromatic carbocycles. The molecule has 0 aliphatic heterocycles. The van der Waals surface area contributed by atoms with Gasteiger partial charge in [-0.2, -0.15) is 0 Å². The van der Waals surface area contributed by atoms with Crippen LogP contribution in [0.2, 0.25) is 0 Å². The maximum Gasteiger partial charge on any atom is 0.258 e. The quantitative estimate of drug-likeness (QED) is 0.602. The smallest absolute Gasteiger partial charge is 0.258 e. The number of carbonyl (C=O) groups excluding carboxylic acids is 1. The van der Waals surface area contributed by atoms with Crippen LogP contribution in [0.4, 0.5) is 0 Å². The molecule has 0 unspecified atom stereocenters. The third-order valence-corrected chi connectivity index (χ3v) is 4.35. The fraction of sp³-hybridized carbons (Fsp3) is 0.533. The first-order valence-electron chi connectivity index (χ1n) is 7.37. The molecule has 0 radical (unpaired) electrons. The van der Waals surface area contributed by atoms with E-state index in [0.717, 1.165) is 0 Å². The number of aliphatic hydroxyl groups is 1. The van der Waals surface area contributed by atoms with E-state index >= 15 is 0 Å². The van der Waals surface area contributed by atoms with E-state index in [1.807, 2.05) is 13.8 Å². The first-order valence-corrected chi connectivity index (χ1v) is 8.85. The Bertz CT molecular complexity index is 629. The van der Waals surface area contributed by atoms with Crippen molar-refractivity contribution in [3.63, 3.8) is 0 Å². The van der Waals surface area contributed by atoms with E-state index in [2.05, 4.69) is 10.0 Å². The number of hydrogen-bond acceptors (Lipinski definition) is 5. The van der Waals surface area contributed by atoms with E-state index in [0.29, 0.717) is 17.9 Å². The lowest BCUT2D eigenvalue weighted by Crippen LogP contribution is -2.31. The summed E-state index contributed by atoms with van der Waals surface area (Å²) in [5, 5.41) is 11.1. The molecule has 0 spiro atoms. The van der Waals surface area contributed by atoms with Gasteiger partial charge in [-0.3, -0.25) is 4.79 Å². The Labute approximate surface area is 137 Å². The van der Waals surface area contributed by atoms with E-state index in [1.165, 1.54) is 18.2 Å². The molecule has 1 amide bonds. The molecule has 0 atom stereocenters. The van der Waals surface area contributed by atoms with Gasteiger partial charge in [-0.1, -0.05) is 13.8 Å². The van der Waals surface area contributed by atoms with E-state index in [1.54, 1.807) is 6.92 Å². The zero-order valence-electron chi connectivity index (χ0n) is 13.6. The Kier molecular flexibility index (Phi) is 7.47. The van der Waals surface area contributed by atoms with Crippen LogP contribution in [0.1, 0.15) is 19.4 Å². The molecule has 1 rings (SSSR count). The topological polar surface area (TPSA) is 105 Å². The number of sulfonamides is 1. The van der Waals surface area contributed by atoms with E-state index < -0.39 is 10.0 Å². The van der Waals surface area contributed by atoms with Crippen LogP contribution in [-0.2, 0) is 14.8 Å². The number of rotatable bonds is 9. The number of amides is 1. The van der Waals surface area contributed by atoms with E-state index in [-0.39, 0.29) is 36.5 Å². The molecule has 8 heteroatoms. The summed E-state index contributed by atoms with van der Waals surface area (Å²) in [6, 6.07) is 4.47. The molecule has 3 N–H and O–H groups in total. The minimum absolute atomic E-state index is 0.138. The molecule has 0 saturated heterocycles. The molecule has 0 aliphatic rings. The number of benzene rings is 1. The van der Waals surface area contributed by atoms with Crippen LogP contribution in [0.3, 0.4) is 0 Å². The molecule has 1 aromatic rings. The van der Waals surface area contributed by atoms with Crippen LogP contribution in [-0.4, -0.2) is 45.7 Å². The molecule has 0 saturated carbocycles. The molecule has 0 heterocycles. The lowest BCUT2D eigenvalue weighted by atomic mass is 10.2. The van der Waals surface area contributed by atoms with Crippen molar-refractivity contribution in [3.05, 3.63) is 23.8 Å². The minimum atomic E-state index is -3.55. The summed E-state index contributed by atoms with van der Waals surface area (Å²) < 4.78 is 32.2. The standard InChI is InChI=1S/C15H24N2O5S/c1-11(2)9-17-23(20,21)13-4-5-14(12(3)8-13)22-10-15(19)16-6-7-18/h4-5,8,11,17-18H,6-7,9-10H2,1-3H3,(H,16,19). The Hall–Kier alpha value is -1.64. The fourth-order valence-corrected chi connectivity index (χ4v) is 3.00. The second-order valence-corrected chi connectivity index (χ2v) is 7.30. The Morgan fingerprint density at radius 2 is 2.04 bits per heavy atom. The van der Waals surface area contributed by atoms with Gasteiger partial charge in [0.15, 0.2) is 6.61 Å².